The number of aliphatic hydroxyl groups is 6. The van der Waals surface area contributed by atoms with E-state index in [2.05, 4.69) is 46.1 Å². The third-order valence-corrected chi connectivity index (χ3v) is 13.1. The highest BCUT2D eigenvalue weighted by atomic mass is 16.6. The monoisotopic (exact) mass is 1370 g/mol. The van der Waals surface area contributed by atoms with Crippen LogP contribution >= 0.6 is 0 Å². The minimum absolute atomic E-state index is 0.105. The Morgan fingerprint density at radius 1 is 0.240 bits per heavy atom. The standard InChI is InChI=1S/C66H96O30/c1-37(2)50(73)85-25-44(67)27-87-52(75)39(5)20-63(12,13)58(81)93-33-46(69)29-89-54(77)41(7)22-65(16,17)60(83)95-35-48(71)31-91-56(79)43(9)24-66(18,19)61(84)96-36-49(72)30-90-55(78)42(8)23-64(14,15)59(82)94-34-47(70)28-88-53(76)40(6)21-62(10,11)57(80)92-32-45(68)26-86-51(74)38(3)4/h44-49,67-72H,1,3,5-9,20-36H2,2,4,10-19H3. The zero-order valence-corrected chi connectivity index (χ0v) is 56.9. The van der Waals surface area contributed by atoms with Gasteiger partial charge in [-0.2, -0.15) is 0 Å². The first-order valence-corrected chi connectivity index (χ1v) is 29.8. The van der Waals surface area contributed by atoms with Gasteiger partial charge in [-0.25, -0.2) is 33.6 Å². The molecule has 0 aliphatic rings. The van der Waals surface area contributed by atoms with Crippen LogP contribution in [-0.4, -0.2) is 218 Å². The van der Waals surface area contributed by atoms with Gasteiger partial charge in [0.2, 0.25) is 0 Å². The summed E-state index contributed by atoms with van der Waals surface area (Å²) in [5, 5.41) is 61.5. The van der Waals surface area contributed by atoms with Crippen molar-refractivity contribution in [1.82, 2.24) is 0 Å². The first-order valence-electron chi connectivity index (χ1n) is 29.8. The Labute approximate surface area is 558 Å². The average molecular weight is 1370 g/mol. The molecule has 0 spiro atoms. The van der Waals surface area contributed by atoms with Crippen molar-refractivity contribution in [2.75, 3.05) is 79.3 Å². The van der Waals surface area contributed by atoms with Gasteiger partial charge < -0.3 is 87.5 Å². The third kappa shape index (κ3) is 33.8. The van der Waals surface area contributed by atoms with E-state index < -0.39 is 215 Å². The molecular formula is C66H96O30. The van der Waals surface area contributed by atoms with Crippen molar-refractivity contribution in [3.8, 4) is 0 Å². The summed E-state index contributed by atoms with van der Waals surface area (Å²) in [7, 11) is 0. The molecule has 0 saturated heterocycles. The number of hydrogen-bond donors (Lipinski definition) is 6. The first kappa shape index (κ1) is 87.6. The topological polar surface area (TPSA) is 437 Å². The van der Waals surface area contributed by atoms with E-state index in [0.717, 1.165) is 0 Å². The lowest BCUT2D eigenvalue weighted by atomic mass is 9.86. The third-order valence-electron chi connectivity index (χ3n) is 13.1. The molecule has 6 N–H and O–H groups in total. The predicted molar refractivity (Wildman–Crippen MR) is 335 cm³/mol. The maximum atomic E-state index is 13.0. The van der Waals surface area contributed by atoms with E-state index in [9.17, 15) is 88.2 Å². The molecule has 6 atom stereocenters. The number of ether oxygens (including phenoxy) is 12. The van der Waals surface area contributed by atoms with Crippen LogP contribution in [0.15, 0.2) is 85.1 Å². The fraction of sp³-hybridized carbons (Fsp3) is 0.606. The van der Waals surface area contributed by atoms with Gasteiger partial charge in [-0.05, 0) is 115 Å². The van der Waals surface area contributed by atoms with Crippen molar-refractivity contribution >= 4 is 71.6 Å². The normalized spacial score (nSPS) is 13.5. The van der Waals surface area contributed by atoms with Crippen LogP contribution in [0.2, 0.25) is 0 Å². The molecule has 0 heterocycles. The zero-order valence-electron chi connectivity index (χ0n) is 56.9. The Balaban J connectivity index is 4.83. The molecule has 0 aromatic heterocycles. The van der Waals surface area contributed by atoms with Crippen molar-refractivity contribution in [2.24, 2.45) is 27.1 Å². The predicted octanol–water partition coefficient (Wildman–Crippen LogP) is 2.68. The summed E-state index contributed by atoms with van der Waals surface area (Å²) in [6, 6.07) is 0. The van der Waals surface area contributed by atoms with Crippen LogP contribution < -0.4 is 0 Å². The number of carbonyl (C=O) groups is 12. The van der Waals surface area contributed by atoms with E-state index in [1.807, 2.05) is 0 Å². The molecule has 0 aliphatic carbocycles. The second-order valence-corrected chi connectivity index (χ2v) is 26.0. The Hall–Kier alpha value is -8.42. The molecule has 30 nitrogen and oxygen atoms in total. The van der Waals surface area contributed by atoms with Crippen molar-refractivity contribution in [1.29, 1.82) is 0 Å². The molecule has 0 fully saturated rings. The summed E-state index contributed by atoms with van der Waals surface area (Å²) in [4.78, 5) is 151. The number of hydrogen-bond acceptors (Lipinski definition) is 30. The Morgan fingerprint density at radius 2 is 0.354 bits per heavy atom. The SMILES string of the molecule is C=C(C)C(=O)OCC(O)COC(=O)C(=C)CC(C)(C)C(=O)OCC(O)COC(=O)C(=C)CC(C)(C)C(=O)OCC(O)COC(=O)C(=C)CC(C)(C)C(=O)OCC(O)COC(=O)C(=C)CC(C)(C)C(=O)OCC(O)COC(=O)C(=C)CC(C)(C)C(=O)OCC(O)COC(=O)C(=C)C. The van der Waals surface area contributed by atoms with Gasteiger partial charge in [0, 0.05) is 39.0 Å². The summed E-state index contributed by atoms with van der Waals surface area (Å²) >= 11 is 0. The lowest BCUT2D eigenvalue weighted by molar-refractivity contribution is -0.161. The summed E-state index contributed by atoms with van der Waals surface area (Å²) in [6.07, 6.45) is -10.3. The summed E-state index contributed by atoms with van der Waals surface area (Å²) in [5.74, 6) is -10.9. The highest BCUT2D eigenvalue weighted by Crippen LogP contribution is 2.32. The zero-order chi connectivity index (χ0) is 74.4. The molecule has 30 heteroatoms. The van der Waals surface area contributed by atoms with Crippen LogP contribution in [0.3, 0.4) is 0 Å². The molecule has 0 bridgehead atoms. The molecular weight excluding hydrogens is 1270 g/mol. The summed E-state index contributed by atoms with van der Waals surface area (Å²) < 4.78 is 60.6. The Kier molecular flexibility index (Phi) is 36.7. The number of rotatable bonds is 46. The number of carbonyl (C=O) groups excluding carboxylic acids is 12. The van der Waals surface area contributed by atoms with E-state index in [1.54, 1.807) is 0 Å². The molecule has 0 aliphatic heterocycles. The fourth-order valence-electron chi connectivity index (χ4n) is 7.47. The molecule has 540 valence electrons. The summed E-state index contributed by atoms with van der Waals surface area (Å²) in [5.41, 5.74) is -7.79. The van der Waals surface area contributed by atoms with Crippen molar-refractivity contribution < 1.29 is 145 Å². The van der Waals surface area contributed by atoms with E-state index >= 15 is 0 Å². The number of aliphatic hydroxyl groups excluding tert-OH is 6. The molecule has 0 saturated carbocycles. The maximum Gasteiger partial charge on any atom is 0.333 e. The largest absolute Gasteiger partial charge is 0.462 e. The van der Waals surface area contributed by atoms with Crippen LogP contribution in [0.5, 0.6) is 0 Å². The van der Waals surface area contributed by atoms with Gasteiger partial charge in [-0.15, -0.1) is 0 Å². The fourth-order valence-corrected chi connectivity index (χ4v) is 7.47. The Morgan fingerprint density at radius 3 is 0.479 bits per heavy atom. The lowest BCUT2D eigenvalue weighted by Crippen LogP contribution is -2.34. The Bertz CT molecular complexity index is 2880. The lowest BCUT2D eigenvalue weighted by Gasteiger charge is -2.25. The maximum absolute atomic E-state index is 13.0. The van der Waals surface area contributed by atoms with Crippen molar-refractivity contribution in [2.45, 2.75) is 152 Å². The molecule has 0 rings (SSSR count). The molecule has 6 unspecified atom stereocenters. The minimum Gasteiger partial charge on any atom is -0.462 e. The number of esters is 12. The van der Waals surface area contributed by atoms with Gasteiger partial charge >= 0.3 is 71.6 Å². The summed E-state index contributed by atoms with van der Waals surface area (Å²) in [6.45, 7) is 34.6. The van der Waals surface area contributed by atoms with Gasteiger partial charge in [-0.3, -0.25) is 24.0 Å². The van der Waals surface area contributed by atoms with Crippen molar-refractivity contribution in [3.63, 3.8) is 0 Å². The second-order valence-electron chi connectivity index (χ2n) is 26.0. The van der Waals surface area contributed by atoms with Crippen LogP contribution in [-0.2, 0) is 114 Å². The van der Waals surface area contributed by atoms with Crippen LogP contribution in [0.4, 0.5) is 0 Å². The van der Waals surface area contributed by atoms with E-state index in [0.29, 0.717) is 0 Å². The smallest absolute Gasteiger partial charge is 0.333 e. The van der Waals surface area contributed by atoms with Crippen molar-refractivity contribution in [3.05, 3.63) is 85.1 Å². The van der Waals surface area contributed by atoms with Crippen LogP contribution in [0, 0.1) is 27.1 Å². The van der Waals surface area contributed by atoms with E-state index in [-0.39, 0.29) is 71.1 Å². The molecule has 0 radical (unpaired) electrons. The molecule has 0 aromatic rings. The van der Waals surface area contributed by atoms with Crippen LogP contribution in [0.1, 0.15) is 115 Å². The van der Waals surface area contributed by atoms with Gasteiger partial charge in [0.15, 0.2) is 0 Å². The van der Waals surface area contributed by atoms with E-state index in [4.69, 9.17) is 56.8 Å². The molecule has 0 aromatic carbocycles. The van der Waals surface area contributed by atoms with E-state index in [1.165, 1.54) is 83.1 Å². The molecule has 0 amide bonds. The second kappa shape index (κ2) is 40.2. The first-order chi connectivity index (χ1) is 44.0. The van der Waals surface area contributed by atoms with Gasteiger partial charge in [0.05, 0.1) is 27.1 Å². The average Bonchev–Trinajstić information content (AvgIpc) is 0.904. The van der Waals surface area contributed by atoms with Gasteiger partial charge in [0.1, 0.15) is 116 Å². The van der Waals surface area contributed by atoms with Gasteiger partial charge in [-0.1, -0.05) is 46.1 Å². The minimum atomic E-state index is -1.55. The quantitative estimate of drug-likeness (QED) is 0.0290. The highest BCUT2D eigenvalue weighted by molar-refractivity contribution is 5.92. The van der Waals surface area contributed by atoms with Gasteiger partial charge in [0.25, 0.3) is 0 Å². The highest BCUT2D eigenvalue weighted by Gasteiger charge is 2.38. The molecule has 96 heavy (non-hydrogen) atoms. The van der Waals surface area contributed by atoms with Crippen LogP contribution in [0.25, 0.3) is 0 Å².